The summed E-state index contributed by atoms with van der Waals surface area (Å²) < 4.78 is 16.9. The summed E-state index contributed by atoms with van der Waals surface area (Å²) in [6.45, 7) is 8.57. The number of rotatable bonds is 7. The first kappa shape index (κ1) is 22.3. The summed E-state index contributed by atoms with van der Waals surface area (Å²) in [6.07, 6.45) is -1.76. The van der Waals surface area contributed by atoms with Crippen LogP contribution in [0.3, 0.4) is 0 Å². The van der Waals surface area contributed by atoms with Crippen molar-refractivity contribution in [2.24, 2.45) is 0 Å². The number of alkyl carbamates (subject to hydrolysis) is 1. The van der Waals surface area contributed by atoms with Gasteiger partial charge in [0.25, 0.3) is 0 Å². The normalized spacial score (nSPS) is 14.2. The molecule has 156 valence electrons. The summed E-state index contributed by atoms with van der Waals surface area (Å²) in [7, 11) is 0. The Morgan fingerprint density at radius 3 is 2.00 bits per heavy atom. The third-order valence-corrected chi connectivity index (χ3v) is 3.95. The van der Waals surface area contributed by atoms with Gasteiger partial charge in [-0.05, 0) is 52.3 Å². The molecule has 0 saturated carbocycles. The molecule has 6 heteroatoms. The molecule has 1 N–H and O–H groups in total. The number of carbonyl (C=O) groups is 2. The number of nitrogens with one attached hydrogen (secondary N) is 1. The zero-order chi connectivity index (χ0) is 21.4. The van der Waals surface area contributed by atoms with E-state index in [1.807, 2.05) is 60.7 Å². The van der Waals surface area contributed by atoms with E-state index in [1.165, 1.54) is 0 Å². The smallest absolute Gasteiger partial charge is 0.408 e. The van der Waals surface area contributed by atoms with Crippen molar-refractivity contribution >= 4 is 12.1 Å². The van der Waals surface area contributed by atoms with Gasteiger partial charge in [-0.2, -0.15) is 0 Å². The summed E-state index contributed by atoms with van der Waals surface area (Å²) in [6, 6.07) is 18.0. The van der Waals surface area contributed by atoms with Gasteiger partial charge in [0.2, 0.25) is 0 Å². The van der Waals surface area contributed by atoms with Crippen LogP contribution in [-0.4, -0.2) is 29.8 Å². The Hall–Kier alpha value is -3.02. The minimum atomic E-state index is -0.861. The van der Waals surface area contributed by atoms with Crippen molar-refractivity contribution in [1.29, 1.82) is 0 Å². The Bertz CT molecular complexity index is 786. The number of hydrogen-bond acceptors (Lipinski definition) is 5. The summed E-state index contributed by atoms with van der Waals surface area (Å²) in [5, 5.41) is 2.49. The van der Waals surface area contributed by atoms with E-state index in [1.54, 1.807) is 34.6 Å². The standard InChI is InChI=1S/C23H29NO5/c1-16(24-22(26)29-23(3,4)5)21(25)27-17(2)20(18-12-8-6-9-13-18)28-19-14-10-7-11-15-19/h6-17,20H,1-5H3,(H,24,26)/t16-,17+,20+/m0/s1. The average molecular weight is 399 g/mol. The molecule has 0 spiro atoms. The molecule has 0 aromatic heterocycles. The van der Waals surface area contributed by atoms with E-state index in [-0.39, 0.29) is 0 Å². The van der Waals surface area contributed by atoms with Crippen molar-refractivity contribution < 1.29 is 23.8 Å². The molecule has 0 aliphatic rings. The van der Waals surface area contributed by atoms with Crippen LogP contribution in [-0.2, 0) is 14.3 Å². The third-order valence-electron chi connectivity index (χ3n) is 3.95. The molecular formula is C23H29NO5. The van der Waals surface area contributed by atoms with Crippen LogP contribution in [0.25, 0.3) is 0 Å². The van der Waals surface area contributed by atoms with Crippen LogP contribution in [0, 0.1) is 0 Å². The minimum Gasteiger partial charge on any atom is -0.482 e. The zero-order valence-electron chi connectivity index (χ0n) is 17.5. The van der Waals surface area contributed by atoms with E-state index in [0.29, 0.717) is 5.75 Å². The summed E-state index contributed by atoms with van der Waals surface area (Å²) in [5.41, 5.74) is 0.229. The van der Waals surface area contributed by atoms with Gasteiger partial charge in [-0.3, -0.25) is 0 Å². The highest BCUT2D eigenvalue weighted by Crippen LogP contribution is 2.26. The molecule has 0 fully saturated rings. The van der Waals surface area contributed by atoms with E-state index in [0.717, 1.165) is 5.56 Å². The second-order valence-corrected chi connectivity index (χ2v) is 7.77. The minimum absolute atomic E-state index is 0.503. The first-order valence-corrected chi connectivity index (χ1v) is 9.62. The maximum Gasteiger partial charge on any atom is 0.408 e. The molecular weight excluding hydrogens is 370 g/mol. The van der Waals surface area contributed by atoms with Crippen molar-refractivity contribution in [3.63, 3.8) is 0 Å². The third kappa shape index (κ3) is 7.49. The monoisotopic (exact) mass is 399 g/mol. The van der Waals surface area contributed by atoms with Crippen LogP contribution < -0.4 is 10.1 Å². The fourth-order valence-corrected chi connectivity index (χ4v) is 2.61. The number of benzene rings is 2. The van der Waals surface area contributed by atoms with Gasteiger partial charge < -0.3 is 19.5 Å². The maximum absolute atomic E-state index is 12.5. The lowest BCUT2D eigenvalue weighted by Gasteiger charge is -2.27. The Balaban J connectivity index is 2.05. The molecule has 1 amide bonds. The molecule has 2 aromatic carbocycles. The highest BCUT2D eigenvalue weighted by atomic mass is 16.6. The molecule has 2 aromatic rings. The quantitative estimate of drug-likeness (QED) is 0.686. The highest BCUT2D eigenvalue weighted by molar-refractivity contribution is 5.81. The van der Waals surface area contributed by atoms with Crippen molar-refractivity contribution in [2.75, 3.05) is 0 Å². The predicted molar refractivity (Wildman–Crippen MR) is 111 cm³/mol. The lowest BCUT2D eigenvalue weighted by atomic mass is 10.0. The molecule has 29 heavy (non-hydrogen) atoms. The Labute approximate surface area is 172 Å². The van der Waals surface area contributed by atoms with Crippen LogP contribution in [0.2, 0.25) is 0 Å². The number of hydrogen-bond donors (Lipinski definition) is 1. The zero-order valence-corrected chi connectivity index (χ0v) is 17.5. The van der Waals surface area contributed by atoms with Gasteiger partial charge in [0, 0.05) is 0 Å². The van der Waals surface area contributed by atoms with Crippen LogP contribution in [0.15, 0.2) is 60.7 Å². The van der Waals surface area contributed by atoms with Gasteiger partial charge in [-0.1, -0.05) is 48.5 Å². The Kier molecular flexibility index (Phi) is 7.65. The van der Waals surface area contributed by atoms with E-state index in [9.17, 15) is 9.59 Å². The van der Waals surface area contributed by atoms with E-state index in [2.05, 4.69) is 5.32 Å². The molecule has 0 heterocycles. The van der Waals surface area contributed by atoms with Crippen molar-refractivity contribution in [3.05, 3.63) is 66.2 Å². The number of esters is 1. The van der Waals surface area contributed by atoms with E-state index < -0.39 is 35.9 Å². The molecule has 0 aliphatic carbocycles. The number of ether oxygens (including phenoxy) is 3. The van der Waals surface area contributed by atoms with Crippen LogP contribution in [0.1, 0.15) is 46.3 Å². The van der Waals surface area contributed by atoms with Gasteiger partial charge in [0.15, 0.2) is 6.10 Å². The van der Waals surface area contributed by atoms with E-state index >= 15 is 0 Å². The lowest BCUT2D eigenvalue weighted by molar-refractivity contribution is -0.155. The van der Waals surface area contributed by atoms with Crippen molar-refractivity contribution in [2.45, 2.75) is 58.5 Å². The first-order valence-electron chi connectivity index (χ1n) is 9.62. The average Bonchev–Trinajstić information content (AvgIpc) is 2.65. The summed E-state index contributed by atoms with van der Waals surface area (Å²) in [5.74, 6) is 0.102. The fraction of sp³-hybridized carbons (Fsp3) is 0.391. The summed E-state index contributed by atoms with van der Waals surface area (Å²) in [4.78, 5) is 24.4. The largest absolute Gasteiger partial charge is 0.482 e. The lowest BCUT2D eigenvalue weighted by Crippen LogP contribution is -2.43. The van der Waals surface area contributed by atoms with Crippen molar-refractivity contribution in [1.82, 2.24) is 5.32 Å². The number of amides is 1. The Morgan fingerprint density at radius 2 is 1.45 bits per heavy atom. The van der Waals surface area contributed by atoms with Crippen LogP contribution in [0.5, 0.6) is 5.75 Å². The molecule has 0 radical (unpaired) electrons. The fourth-order valence-electron chi connectivity index (χ4n) is 2.61. The van der Waals surface area contributed by atoms with Gasteiger partial charge in [-0.25, -0.2) is 9.59 Å². The molecule has 0 bridgehead atoms. The Morgan fingerprint density at radius 1 is 0.897 bits per heavy atom. The maximum atomic E-state index is 12.5. The molecule has 0 saturated heterocycles. The van der Waals surface area contributed by atoms with Gasteiger partial charge in [0.1, 0.15) is 23.5 Å². The topological polar surface area (TPSA) is 73.9 Å². The van der Waals surface area contributed by atoms with E-state index in [4.69, 9.17) is 14.2 Å². The first-order chi connectivity index (χ1) is 13.7. The second kappa shape index (κ2) is 9.96. The molecule has 0 aliphatic heterocycles. The van der Waals surface area contributed by atoms with Crippen LogP contribution >= 0.6 is 0 Å². The second-order valence-electron chi connectivity index (χ2n) is 7.77. The number of carbonyl (C=O) groups excluding carboxylic acids is 2. The SMILES string of the molecule is C[C@H](NC(=O)OC(C)(C)C)C(=O)O[C@H](C)[C@@H](Oc1ccccc1)c1ccccc1. The van der Waals surface area contributed by atoms with Gasteiger partial charge in [0.05, 0.1) is 0 Å². The van der Waals surface area contributed by atoms with Crippen molar-refractivity contribution in [3.8, 4) is 5.75 Å². The van der Waals surface area contributed by atoms with Gasteiger partial charge in [-0.15, -0.1) is 0 Å². The highest BCUT2D eigenvalue weighted by Gasteiger charge is 2.28. The predicted octanol–water partition coefficient (Wildman–Crippen LogP) is 4.65. The molecule has 0 unspecified atom stereocenters. The van der Waals surface area contributed by atoms with Gasteiger partial charge >= 0.3 is 12.1 Å². The molecule has 6 nitrogen and oxygen atoms in total. The number of para-hydroxylation sites is 1. The summed E-state index contributed by atoms with van der Waals surface area (Å²) >= 11 is 0. The molecule has 3 atom stereocenters. The molecule has 2 rings (SSSR count). The van der Waals surface area contributed by atoms with Crippen LogP contribution in [0.4, 0.5) is 4.79 Å².